The second-order valence-corrected chi connectivity index (χ2v) is 9.79. The van der Waals surface area contributed by atoms with Crippen molar-refractivity contribution in [2.45, 2.75) is 0 Å². The smallest absolute Gasteiger partial charge is 0.267 e. The molecule has 3 aromatic heterocycles. The highest BCUT2D eigenvalue weighted by Crippen LogP contribution is 2.29. The van der Waals surface area contributed by atoms with Crippen LogP contribution in [0.25, 0.3) is 50.3 Å². The van der Waals surface area contributed by atoms with E-state index in [-0.39, 0.29) is 5.56 Å². The zero-order chi connectivity index (χ0) is 24.8. The number of imidazole rings is 1. The highest BCUT2D eigenvalue weighted by molar-refractivity contribution is 7.15. The molecule has 0 aliphatic rings. The van der Waals surface area contributed by atoms with Gasteiger partial charge in [0.1, 0.15) is 0 Å². The maximum Gasteiger partial charge on any atom is 0.274 e. The van der Waals surface area contributed by atoms with Crippen LogP contribution in [-0.4, -0.2) is 19.2 Å². The lowest BCUT2D eigenvalue weighted by atomic mass is 10.1. The Morgan fingerprint density at radius 1 is 0.730 bits per heavy atom. The highest BCUT2D eigenvalue weighted by atomic mass is 32.1. The Hall–Kier alpha value is -4.81. The lowest BCUT2D eigenvalue weighted by Gasteiger charge is -2.08. The summed E-state index contributed by atoms with van der Waals surface area (Å²) in [5.41, 5.74) is 7.65. The van der Waals surface area contributed by atoms with E-state index in [9.17, 15) is 4.79 Å². The lowest BCUT2D eigenvalue weighted by molar-refractivity contribution is 0.892. The first-order valence-electron chi connectivity index (χ1n) is 12.0. The third kappa shape index (κ3) is 3.75. The molecule has 0 unspecified atom stereocenters. The Morgan fingerprint density at radius 3 is 2.16 bits per heavy atom. The standard InChI is InChI=1S/C31H20N4OS/c36-30-29(37-31-32-25-13-7-8-14-27(25)34(30)31)19-21-15-17-24(18-16-21)35-28(23-11-5-2-6-12-23)20-26(33-35)22-9-3-1-4-10-22/h1-20H. The molecule has 5 nitrogen and oxygen atoms in total. The normalized spacial score (nSPS) is 12.1. The first-order valence-corrected chi connectivity index (χ1v) is 12.8. The molecule has 4 aromatic carbocycles. The van der Waals surface area contributed by atoms with Gasteiger partial charge in [-0.15, -0.1) is 0 Å². The van der Waals surface area contributed by atoms with E-state index in [0.29, 0.717) is 9.49 Å². The number of hydrogen-bond donors (Lipinski definition) is 0. The van der Waals surface area contributed by atoms with Crippen molar-refractivity contribution in [2.75, 3.05) is 0 Å². The minimum Gasteiger partial charge on any atom is -0.267 e. The fraction of sp³-hybridized carbons (Fsp3) is 0. The summed E-state index contributed by atoms with van der Waals surface area (Å²) in [4.78, 5) is 18.4. The SMILES string of the molecule is O=c1c(=Cc2ccc(-n3nc(-c4ccccc4)cc3-c3ccccc3)cc2)sc2nc3ccccc3n12. The molecule has 3 heterocycles. The summed E-state index contributed by atoms with van der Waals surface area (Å²) in [5, 5.41) is 4.95. The molecule has 7 rings (SSSR count). The van der Waals surface area contributed by atoms with Crippen LogP contribution in [0.15, 0.2) is 120 Å². The number of benzene rings is 4. The molecule has 7 aromatic rings. The monoisotopic (exact) mass is 496 g/mol. The number of aromatic nitrogens is 4. The van der Waals surface area contributed by atoms with E-state index in [4.69, 9.17) is 5.10 Å². The third-order valence-corrected chi connectivity index (χ3v) is 7.40. The summed E-state index contributed by atoms with van der Waals surface area (Å²) in [6, 6.07) is 38.4. The minimum absolute atomic E-state index is 0.0382. The first-order chi connectivity index (χ1) is 18.2. The van der Waals surface area contributed by atoms with Gasteiger partial charge in [-0.1, -0.05) is 96.3 Å². The molecule has 0 radical (unpaired) electrons. The molecule has 0 N–H and O–H groups in total. The Balaban J connectivity index is 1.30. The molecule has 0 saturated heterocycles. The molecule has 0 aliphatic carbocycles. The number of rotatable bonds is 4. The van der Waals surface area contributed by atoms with Crippen molar-refractivity contribution in [1.82, 2.24) is 19.2 Å². The molecule has 6 heteroatoms. The van der Waals surface area contributed by atoms with Crippen LogP contribution in [0.3, 0.4) is 0 Å². The largest absolute Gasteiger partial charge is 0.274 e. The van der Waals surface area contributed by atoms with Crippen LogP contribution in [0.1, 0.15) is 5.56 Å². The van der Waals surface area contributed by atoms with Crippen molar-refractivity contribution in [1.29, 1.82) is 0 Å². The quantitative estimate of drug-likeness (QED) is 0.301. The summed E-state index contributed by atoms with van der Waals surface area (Å²) < 4.78 is 4.34. The molecular formula is C31H20N4OS. The average Bonchev–Trinajstić information content (AvgIpc) is 3.63. The number of hydrogen-bond acceptors (Lipinski definition) is 4. The van der Waals surface area contributed by atoms with E-state index in [1.54, 1.807) is 4.40 Å². The topological polar surface area (TPSA) is 52.2 Å². The molecule has 0 amide bonds. The third-order valence-electron chi connectivity index (χ3n) is 6.43. The fourth-order valence-electron chi connectivity index (χ4n) is 4.62. The van der Waals surface area contributed by atoms with E-state index in [1.165, 1.54) is 11.3 Å². The zero-order valence-corrected chi connectivity index (χ0v) is 20.5. The van der Waals surface area contributed by atoms with Crippen LogP contribution in [-0.2, 0) is 0 Å². The van der Waals surface area contributed by atoms with E-state index >= 15 is 0 Å². The summed E-state index contributed by atoms with van der Waals surface area (Å²) in [6.07, 6.45) is 1.93. The molecule has 0 fully saturated rings. The van der Waals surface area contributed by atoms with Crippen LogP contribution in [0.4, 0.5) is 0 Å². The summed E-state index contributed by atoms with van der Waals surface area (Å²) in [6.45, 7) is 0. The molecular weight excluding hydrogens is 476 g/mol. The van der Waals surface area contributed by atoms with Crippen molar-refractivity contribution in [3.63, 3.8) is 0 Å². The van der Waals surface area contributed by atoms with Gasteiger partial charge in [0.2, 0.25) is 0 Å². The maximum atomic E-state index is 13.1. The maximum absolute atomic E-state index is 13.1. The van der Waals surface area contributed by atoms with Gasteiger partial charge in [0.05, 0.1) is 32.6 Å². The predicted octanol–water partition coefficient (Wildman–Crippen LogP) is 5.98. The zero-order valence-electron chi connectivity index (χ0n) is 19.7. The van der Waals surface area contributed by atoms with Crippen LogP contribution in [0.2, 0.25) is 0 Å². The molecule has 0 aliphatic heterocycles. The highest BCUT2D eigenvalue weighted by Gasteiger charge is 2.14. The van der Waals surface area contributed by atoms with Crippen molar-refractivity contribution in [3.8, 4) is 28.2 Å². The first kappa shape index (κ1) is 21.5. The summed E-state index contributed by atoms with van der Waals surface area (Å²) >= 11 is 1.41. The molecule has 37 heavy (non-hydrogen) atoms. The minimum atomic E-state index is -0.0382. The Labute approximate surface area is 216 Å². The van der Waals surface area contributed by atoms with E-state index in [0.717, 1.165) is 44.8 Å². The van der Waals surface area contributed by atoms with Gasteiger partial charge in [0, 0.05) is 11.1 Å². The van der Waals surface area contributed by atoms with Gasteiger partial charge in [-0.2, -0.15) is 5.10 Å². The number of para-hydroxylation sites is 2. The predicted molar refractivity (Wildman–Crippen MR) is 150 cm³/mol. The second-order valence-electron chi connectivity index (χ2n) is 8.78. The van der Waals surface area contributed by atoms with E-state index in [1.807, 2.05) is 95.7 Å². The Bertz CT molecular complexity index is 1990. The van der Waals surface area contributed by atoms with Crippen LogP contribution in [0, 0.1) is 0 Å². The van der Waals surface area contributed by atoms with Crippen molar-refractivity contribution in [2.24, 2.45) is 0 Å². The average molecular weight is 497 g/mol. The van der Waals surface area contributed by atoms with Crippen LogP contribution >= 0.6 is 11.3 Å². The van der Waals surface area contributed by atoms with Gasteiger partial charge in [0.25, 0.3) is 5.56 Å². The lowest BCUT2D eigenvalue weighted by Crippen LogP contribution is -2.22. The molecule has 0 saturated carbocycles. The summed E-state index contributed by atoms with van der Waals surface area (Å²) in [7, 11) is 0. The van der Waals surface area contributed by atoms with Gasteiger partial charge in [0.15, 0.2) is 4.96 Å². The van der Waals surface area contributed by atoms with Gasteiger partial charge in [-0.25, -0.2) is 14.1 Å². The second kappa shape index (κ2) is 8.69. The molecule has 176 valence electrons. The van der Waals surface area contributed by atoms with Gasteiger partial charge in [-0.3, -0.25) is 4.79 Å². The van der Waals surface area contributed by atoms with Gasteiger partial charge in [-0.05, 0) is 42.0 Å². The van der Waals surface area contributed by atoms with Crippen molar-refractivity contribution < 1.29 is 0 Å². The fourth-order valence-corrected chi connectivity index (χ4v) is 5.60. The molecule has 0 bridgehead atoms. The molecule has 0 spiro atoms. The number of thiazole rings is 1. The van der Waals surface area contributed by atoms with Gasteiger partial charge < -0.3 is 0 Å². The van der Waals surface area contributed by atoms with Crippen molar-refractivity contribution in [3.05, 3.63) is 136 Å². The summed E-state index contributed by atoms with van der Waals surface area (Å²) in [5.74, 6) is 0. The van der Waals surface area contributed by atoms with Gasteiger partial charge >= 0.3 is 0 Å². The number of nitrogens with zero attached hydrogens (tertiary/aromatic N) is 4. The van der Waals surface area contributed by atoms with Crippen LogP contribution < -0.4 is 10.1 Å². The van der Waals surface area contributed by atoms with E-state index < -0.39 is 0 Å². The van der Waals surface area contributed by atoms with E-state index in [2.05, 4.69) is 35.3 Å². The Kier molecular flexibility index (Phi) is 5.04. The Morgan fingerprint density at radius 2 is 1.41 bits per heavy atom. The molecule has 0 atom stereocenters. The van der Waals surface area contributed by atoms with Crippen molar-refractivity contribution >= 4 is 33.4 Å². The number of fused-ring (bicyclic) bond motifs is 3. The van der Waals surface area contributed by atoms with Crippen LogP contribution in [0.5, 0.6) is 0 Å².